The van der Waals surface area contributed by atoms with E-state index < -0.39 is 22.5 Å². The monoisotopic (exact) mass is 509 g/mol. The van der Waals surface area contributed by atoms with E-state index in [9.17, 15) is 13.2 Å². The molecule has 156 valence electrons. The van der Waals surface area contributed by atoms with Crippen LogP contribution in [0.1, 0.15) is 0 Å². The summed E-state index contributed by atoms with van der Waals surface area (Å²) in [5.74, 6) is 0.212. The molecule has 0 saturated heterocycles. The van der Waals surface area contributed by atoms with E-state index in [1.54, 1.807) is 36.4 Å². The number of hydrogen-bond donors (Lipinski definition) is 0. The molecule has 0 aliphatic carbocycles. The molecule has 0 heterocycles. The predicted octanol–water partition coefficient (Wildman–Crippen LogP) is 4.91. The summed E-state index contributed by atoms with van der Waals surface area (Å²) in [5.41, 5.74) is 0.162. The van der Waals surface area contributed by atoms with Crippen molar-refractivity contribution in [2.75, 3.05) is 18.0 Å². The highest BCUT2D eigenvalue weighted by Gasteiger charge is 2.31. The number of methoxy groups -OCH3 is 1. The van der Waals surface area contributed by atoms with E-state index in [-0.39, 0.29) is 10.6 Å². The smallest absolute Gasteiger partial charge is 0.278 e. The summed E-state index contributed by atoms with van der Waals surface area (Å²) in [6, 6.07) is 18.6. The van der Waals surface area contributed by atoms with Crippen LogP contribution >= 0.6 is 27.5 Å². The average Bonchev–Trinajstić information content (AvgIpc) is 2.74. The number of halogens is 2. The summed E-state index contributed by atoms with van der Waals surface area (Å²) in [6.07, 6.45) is 0. The van der Waals surface area contributed by atoms with E-state index in [0.29, 0.717) is 20.8 Å². The Kier molecular flexibility index (Phi) is 7.02. The molecule has 1 amide bonds. The SMILES string of the molecule is COc1ccc(N(C(=O)COc2ccc(Br)cc2)S(=O)(=O)c2ccc(Cl)cc2)cc1. The number of anilines is 1. The lowest BCUT2D eigenvalue weighted by atomic mass is 10.3. The van der Waals surface area contributed by atoms with Gasteiger partial charge >= 0.3 is 0 Å². The van der Waals surface area contributed by atoms with Crippen molar-refractivity contribution in [3.05, 3.63) is 82.3 Å². The molecule has 0 unspecified atom stereocenters. The normalized spacial score (nSPS) is 11.0. The molecule has 0 saturated carbocycles. The van der Waals surface area contributed by atoms with Gasteiger partial charge in [-0.15, -0.1) is 0 Å². The third-order valence-corrected chi connectivity index (χ3v) is 6.60. The van der Waals surface area contributed by atoms with Crippen LogP contribution in [-0.2, 0) is 14.8 Å². The summed E-state index contributed by atoms with van der Waals surface area (Å²) in [6.45, 7) is -0.472. The van der Waals surface area contributed by atoms with Crippen LogP contribution in [0.3, 0.4) is 0 Å². The first-order valence-corrected chi connectivity index (χ1v) is 11.3. The van der Waals surface area contributed by atoms with Gasteiger partial charge in [-0.05, 0) is 72.8 Å². The maximum Gasteiger partial charge on any atom is 0.278 e. The van der Waals surface area contributed by atoms with Gasteiger partial charge in [-0.25, -0.2) is 8.42 Å². The highest BCUT2D eigenvalue weighted by atomic mass is 79.9. The number of carbonyl (C=O) groups excluding carboxylic acids is 1. The Balaban J connectivity index is 1.94. The summed E-state index contributed by atoms with van der Waals surface area (Å²) in [4.78, 5) is 12.9. The zero-order chi connectivity index (χ0) is 21.7. The lowest BCUT2D eigenvalue weighted by molar-refractivity contribution is -0.119. The topological polar surface area (TPSA) is 72.9 Å². The summed E-state index contributed by atoms with van der Waals surface area (Å²) < 4.78 is 38.7. The summed E-state index contributed by atoms with van der Waals surface area (Å²) in [7, 11) is -2.71. The maximum atomic E-state index is 13.3. The van der Waals surface area contributed by atoms with Crippen molar-refractivity contribution in [1.82, 2.24) is 0 Å². The van der Waals surface area contributed by atoms with Crippen molar-refractivity contribution < 1.29 is 22.7 Å². The van der Waals surface area contributed by atoms with Crippen molar-refractivity contribution in [3.8, 4) is 11.5 Å². The molecular formula is C21H17BrClNO5S. The van der Waals surface area contributed by atoms with Crippen LogP contribution in [-0.4, -0.2) is 28.0 Å². The van der Waals surface area contributed by atoms with Gasteiger partial charge < -0.3 is 9.47 Å². The Bertz CT molecular complexity index is 1120. The molecule has 0 fully saturated rings. The van der Waals surface area contributed by atoms with Gasteiger partial charge in [-0.3, -0.25) is 4.79 Å². The molecule has 0 aliphatic heterocycles. The van der Waals surface area contributed by atoms with Crippen LogP contribution < -0.4 is 13.8 Å². The number of carbonyl (C=O) groups is 1. The lowest BCUT2D eigenvalue weighted by Gasteiger charge is -2.23. The number of rotatable bonds is 7. The van der Waals surface area contributed by atoms with E-state index >= 15 is 0 Å². The van der Waals surface area contributed by atoms with Crippen LogP contribution in [0.15, 0.2) is 82.2 Å². The second-order valence-electron chi connectivity index (χ2n) is 6.06. The molecule has 6 nitrogen and oxygen atoms in total. The Morgan fingerprint density at radius 3 is 2.07 bits per heavy atom. The molecule has 30 heavy (non-hydrogen) atoms. The molecule has 0 atom stereocenters. The van der Waals surface area contributed by atoms with Crippen molar-refractivity contribution >= 4 is 49.1 Å². The van der Waals surface area contributed by atoms with Gasteiger partial charge in [0, 0.05) is 9.50 Å². The number of sulfonamides is 1. The van der Waals surface area contributed by atoms with Gasteiger partial charge in [0.1, 0.15) is 11.5 Å². The van der Waals surface area contributed by atoms with Crippen LogP contribution in [0, 0.1) is 0 Å². The molecule has 3 aromatic rings. The van der Waals surface area contributed by atoms with Crippen molar-refractivity contribution in [1.29, 1.82) is 0 Å². The Labute approximate surface area is 188 Å². The van der Waals surface area contributed by atoms with Crippen LogP contribution in [0.2, 0.25) is 5.02 Å². The fraction of sp³-hybridized carbons (Fsp3) is 0.0952. The number of benzene rings is 3. The molecule has 9 heteroatoms. The molecule has 3 aromatic carbocycles. The molecule has 0 aliphatic rings. The number of ether oxygens (including phenoxy) is 2. The van der Waals surface area contributed by atoms with E-state index in [2.05, 4.69) is 15.9 Å². The number of amides is 1. The van der Waals surface area contributed by atoms with Gasteiger partial charge in [-0.2, -0.15) is 4.31 Å². The molecule has 0 radical (unpaired) electrons. The summed E-state index contributed by atoms with van der Waals surface area (Å²) >= 11 is 9.19. The third kappa shape index (κ3) is 5.13. The molecular weight excluding hydrogens is 494 g/mol. The van der Waals surface area contributed by atoms with Crippen molar-refractivity contribution in [3.63, 3.8) is 0 Å². The Morgan fingerprint density at radius 2 is 1.50 bits per heavy atom. The predicted molar refractivity (Wildman–Crippen MR) is 119 cm³/mol. The van der Waals surface area contributed by atoms with Gasteiger partial charge in [0.05, 0.1) is 17.7 Å². The molecule has 0 aromatic heterocycles. The summed E-state index contributed by atoms with van der Waals surface area (Å²) in [5, 5.41) is 0.384. The Hall–Kier alpha value is -2.55. The largest absolute Gasteiger partial charge is 0.497 e. The molecule has 0 bridgehead atoms. The van der Waals surface area contributed by atoms with Crippen LogP contribution in [0.4, 0.5) is 5.69 Å². The van der Waals surface area contributed by atoms with Crippen molar-refractivity contribution in [2.45, 2.75) is 4.90 Å². The van der Waals surface area contributed by atoms with E-state index in [1.165, 1.54) is 43.5 Å². The van der Waals surface area contributed by atoms with E-state index in [0.717, 1.165) is 4.47 Å². The molecule has 3 rings (SSSR count). The zero-order valence-electron chi connectivity index (χ0n) is 15.8. The van der Waals surface area contributed by atoms with Gasteiger partial charge in [0.2, 0.25) is 0 Å². The van der Waals surface area contributed by atoms with Gasteiger partial charge in [-0.1, -0.05) is 27.5 Å². The minimum atomic E-state index is -4.20. The van der Waals surface area contributed by atoms with Crippen LogP contribution in [0.5, 0.6) is 11.5 Å². The van der Waals surface area contributed by atoms with Crippen molar-refractivity contribution in [2.24, 2.45) is 0 Å². The first-order valence-electron chi connectivity index (χ1n) is 8.67. The molecule has 0 spiro atoms. The van der Waals surface area contributed by atoms with Crippen LogP contribution in [0.25, 0.3) is 0 Å². The first-order chi connectivity index (χ1) is 14.3. The standard InChI is InChI=1S/C21H17BrClNO5S/c1-28-18-10-6-17(7-11-18)24(30(26,27)20-12-4-16(23)5-13-20)21(25)14-29-19-8-2-15(22)3-9-19/h2-13H,14H2,1H3. The van der Waals surface area contributed by atoms with E-state index in [4.69, 9.17) is 21.1 Å². The fourth-order valence-corrected chi connectivity index (χ4v) is 4.38. The maximum absolute atomic E-state index is 13.3. The van der Waals surface area contributed by atoms with Gasteiger partial charge in [0.25, 0.3) is 15.9 Å². The highest BCUT2D eigenvalue weighted by Crippen LogP contribution is 2.27. The minimum absolute atomic E-state index is 0.0697. The average molecular weight is 511 g/mol. The third-order valence-electron chi connectivity index (χ3n) is 4.06. The van der Waals surface area contributed by atoms with E-state index in [1.807, 2.05) is 0 Å². The quantitative estimate of drug-likeness (QED) is 0.451. The lowest BCUT2D eigenvalue weighted by Crippen LogP contribution is -2.40. The first kappa shape index (κ1) is 22.1. The second kappa shape index (κ2) is 9.51. The second-order valence-corrected chi connectivity index (χ2v) is 9.20. The zero-order valence-corrected chi connectivity index (χ0v) is 18.9. The highest BCUT2D eigenvalue weighted by molar-refractivity contribution is 9.10. The van der Waals surface area contributed by atoms with Gasteiger partial charge in [0.15, 0.2) is 6.61 Å². The Morgan fingerprint density at radius 1 is 0.933 bits per heavy atom. The number of nitrogens with zero attached hydrogens (tertiary/aromatic N) is 1. The number of hydrogen-bond acceptors (Lipinski definition) is 5. The fourth-order valence-electron chi connectivity index (χ4n) is 2.58. The molecule has 0 N–H and O–H groups in total. The minimum Gasteiger partial charge on any atom is -0.497 e.